The van der Waals surface area contributed by atoms with Gasteiger partial charge in [-0.2, -0.15) is 10.1 Å². The van der Waals surface area contributed by atoms with Gasteiger partial charge in [-0.1, -0.05) is 6.42 Å². The lowest BCUT2D eigenvalue weighted by atomic mass is 10.1. The molecule has 0 radical (unpaired) electrons. The Labute approximate surface area is 223 Å². The summed E-state index contributed by atoms with van der Waals surface area (Å²) in [6, 6.07) is 5.66. The van der Waals surface area contributed by atoms with E-state index >= 15 is 0 Å². The number of hydrogen-bond acceptors (Lipinski definition) is 12. The Balaban J connectivity index is 1.08. The fourth-order valence-corrected chi connectivity index (χ4v) is 4.84. The molecule has 1 aliphatic rings. The molecule has 4 aromatic heterocycles. The summed E-state index contributed by atoms with van der Waals surface area (Å²) in [6.45, 7) is 4.18. The van der Waals surface area contributed by atoms with Gasteiger partial charge in [0.05, 0.1) is 10.9 Å². The van der Waals surface area contributed by atoms with Crippen LogP contribution in [0, 0.1) is 0 Å². The summed E-state index contributed by atoms with van der Waals surface area (Å²) in [4.78, 5) is 36.4. The molecule has 1 fully saturated rings. The van der Waals surface area contributed by atoms with Crippen LogP contribution in [0.3, 0.4) is 0 Å². The number of Topliss-reactive ketones (excluding diaryl/α,β-unsaturated/α-hetero) is 1. The number of carbonyl (C=O) groups excluding carboxylic acids is 1. The van der Waals surface area contributed by atoms with Crippen molar-refractivity contribution in [2.75, 3.05) is 42.5 Å². The van der Waals surface area contributed by atoms with Crippen molar-refractivity contribution < 1.29 is 9.21 Å². The van der Waals surface area contributed by atoms with Crippen molar-refractivity contribution in [1.29, 1.82) is 0 Å². The third-order valence-corrected chi connectivity index (χ3v) is 6.87. The molecule has 13 heteroatoms. The van der Waals surface area contributed by atoms with Crippen LogP contribution in [-0.4, -0.2) is 66.7 Å². The lowest BCUT2D eigenvalue weighted by molar-refractivity contribution is 0.0978. The monoisotopic (exact) mass is 527 g/mol. The Morgan fingerprint density at radius 2 is 1.85 bits per heavy atom. The number of nitrogen functional groups attached to an aromatic ring is 2. The van der Waals surface area contributed by atoms with Gasteiger partial charge in [0, 0.05) is 57.1 Å². The molecule has 0 amide bonds. The minimum atomic E-state index is 0.0538. The molecule has 0 saturated carbocycles. The van der Waals surface area contributed by atoms with Gasteiger partial charge in [-0.25, -0.2) is 24.6 Å². The minimum absolute atomic E-state index is 0.0538. The number of carbonyl (C=O) groups is 1. The zero-order valence-corrected chi connectivity index (χ0v) is 21.4. The van der Waals surface area contributed by atoms with Crippen molar-refractivity contribution in [1.82, 2.24) is 40.0 Å². The predicted octanol–water partition coefficient (Wildman–Crippen LogP) is 2.44. The Kier molecular flexibility index (Phi) is 6.71. The van der Waals surface area contributed by atoms with Crippen molar-refractivity contribution in [2.45, 2.75) is 32.2 Å². The highest BCUT2D eigenvalue weighted by Gasteiger charge is 2.18. The van der Waals surface area contributed by atoms with Gasteiger partial charge in [-0.15, -0.1) is 0 Å². The molecule has 5 heterocycles. The van der Waals surface area contributed by atoms with Gasteiger partial charge in [-0.05, 0) is 31.0 Å². The van der Waals surface area contributed by atoms with Crippen molar-refractivity contribution >= 4 is 45.7 Å². The zero-order valence-electron chi connectivity index (χ0n) is 21.4. The Bertz CT molecular complexity index is 1620. The van der Waals surface area contributed by atoms with Crippen LogP contribution >= 0.6 is 0 Å². The summed E-state index contributed by atoms with van der Waals surface area (Å²) < 4.78 is 7.23. The second-order valence-electron chi connectivity index (χ2n) is 9.51. The van der Waals surface area contributed by atoms with E-state index < -0.39 is 0 Å². The number of unbranched alkanes of at least 4 members (excludes halogenated alkanes) is 2. The van der Waals surface area contributed by atoms with Crippen molar-refractivity contribution in [3.63, 3.8) is 0 Å². The van der Waals surface area contributed by atoms with E-state index in [1.54, 1.807) is 18.5 Å². The van der Waals surface area contributed by atoms with Crippen LogP contribution in [0.5, 0.6) is 0 Å². The highest BCUT2D eigenvalue weighted by Crippen LogP contribution is 2.32. The zero-order chi connectivity index (χ0) is 26.8. The van der Waals surface area contributed by atoms with E-state index in [0.29, 0.717) is 58.1 Å². The first kappa shape index (κ1) is 24.7. The Morgan fingerprint density at radius 3 is 2.67 bits per heavy atom. The van der Waals surface area contributed by atoms with Gasteiger partial charge in [0.25, 0.3) is 6.01 Å². The first-order chi connectivity index (χ1) is 19.1. The second kappa shape index (κ2) is 10.6. The number of aromatic nitrogens is 7. The van der Waals surface area contributed by atoms with Crippen molar-refractivity contribution in [3.8, 4) is 11.3 Å². The SMILES string of the molecule is Nc1nc2cc(-c3nn(CCCCCC(=O)c4cnc(N5CCNCC5)nc4)c4ncnc(N)c34)ccc2o1. The highest BCUT2D eigenvalue weighted by atomic mass is 16.4. The normalized spacial score (nSPS) is 13.9. The van der Waals surface area contributed by atoms with Gasteiger partial charge >= 0.3 is 0 Å². The number of rotatable bonds is 9. The molecule has 1 saturated heterocycles. The number of piperazine rings is 1. The number of oxazole rings is 1. The summed E-state index contributed by atoms with van der Waals surface area (Å²) in [6.07, 6.45) is 7.59. The van der Waals surface area contributed by atoms with E-state index in [-0.39, 0.29) is 11.8 Å². The summed E-state index contributed by atoms with van der Waals surface area (Å²) >= 11 is 0. The van der Waals surface area contributed by atoms with E-state index in [1.165, 1.54) is 6.33 Å². The van der Waals surface area contributed by atoms with Crippen LogP contribution in [0.25, 0.3) is 33.4 Å². The largest absolute Gasteiger partial charge is 0.424 e. The molecular formula is C26H29N11O2. The average Bonchev–Trinajstić information content (AvgIpc) is 3.53. The van der Waals surface area contributed by atoms with Crippen LogP contribution in [0.4, 0.5) is 17.8 Å². The van der Waals surface area contributed by atoms with Crippen molar-refractivity contribution in [2.24, 2.45) is 0 Å². The minimum Gasteiger partial charge on any atom is -0.424 e. The number of ketones is 1. The predicted molar refractivity (Wildman–Crippen MR) is 147 cm³/mol. The molecule has 1 aliphatic heterocycles. The summed E-state index contributed by atoms with van der Waals surface area (Å²) in [5, 5.41) is 8.81. The standard InChI is InChI=1S/C26H29N11O2/c27-23-21-22(16-5-6-20-18(12-16)34-25(28)39-20)35-37(24(21)33-15-32-23)9-3-1-2-4-19(38)17-13-30-26(31-14-17)36-10-7-29-8-11-36/h5-6,12-15,29H,1-4,7-11H2,(H2,28,34)(H2,27,32,33). The Morgan fingerprint density at radius 1 is 1.03 bits per heavy atom. The number of fused-ring (bicyclic) bond motifs is 2. The lowest BCUT2D eigenvalue weighted by Gasteiger charge is -2.27. The van der Waals surface area contributed by atoms with Crippen LogP contribution in [0.15, 0.2) is 41.3 Å². The maximum atomic E-state index is 12.7. The molecule has 5 aromatic rings. The van der Waals surface area contributed by atoms with Crippen molar-refractivity contribution in [3.05, 3.63) is 42.5 Å². The smallest absolute Gasteiger partial charge is 0.292 e. The van der Waals surface area contributed by atoms with E-state index in [1.807, 2.05) is 16.8 Å². The van der Waals surface area contributed by atoms with Gasteiger partial charge in [-0.3, -0.25) is 4.79 Å². The summed E-state index contributed by atoms with van der Waals surface area (Å²) in [7, 11) is 0. The van der Waals surface area contributed by atoms with Crippen LogP contribution in [0.1, 0.15) is 36.0 Å². The molecule has 13 nitrogen and oxygen atoms in total. The van der Waals surface area contributed by atoms with Gasteiger partial charge in [0.15, 0.2) is 17.0 Å². The first-order valence-electron chi connectivity index (χ1n) is 13.0. The number of hydrogen-bond donors (Lipinski definition) is 3. The maximum Gasteiger partial charge on any atom is 0.292 e. The number of nitrogens with two attached hydrogens (primary N) is 2. The number of nitrogens with one attached hydrogen (secondary N) is 1. The summed E-state index contributed by atoms with van der Waals surface area (Å²) in [5.74, 6) is 1.09. The number of nitrogens with zero attached hydrogens (tertiary/aromatic N) is 8. The number of benzene rings is 1. The van der Waals surface area contributed by atoms with Gasteiger partial charge in [0.2, 0.25) is 5.95 Å². The molecule has 0 aliphatic carbocycles. The summed E-state index contributed by atoms with van der Waals surface area (Å²) in [5.41, 5.74) is 15.9. The van der Waals surface area contributed by atoms with E-state index in [2.05, 4.69) is 35.1 Å². The Hall–Kier alpha value is -4.65. The van der Waals surface area contributed by atoms with Crippen LogP contribution < -0.4 is 21.7 Å². The van der Waals surface area contributed by atoms with Crippen LogP contribution in [0.2, 0.25) is 0 Å². The molecular weight excluding hydrogens is 498 g/mol. The fourth-order valence-electron chi connectivity index (χ4n) is 4.84. The molecule has 1 aromatic carbocycles. The molecule has 6 rings (SSSR count). The maximum absolute atomic E-state index is 12.7. The molecule has 0 unspecified atom stereocenters. The third kappa shape index (κ3) is 5.08. The van der Waals surface area contributed by atoms with Gasteiger partial charge < -0.3 is 26.1 Å². The molecule has 5 N–H and O–H groups in total. The topological polar surface area (TPSA) is 180 Å². The molecule has 39 heavy (non-hydrogen) atoms. The number of anilines is 3. The van der Waals surface area contributed by atoms with E-state index in [0.717, 1.165) is 51.0 Å². The van der Waals surface area contributed by atoms with Gasteiger partial charge in [0.1, 0.15) is 23.4 Å². The highest BCUT2D eigenvalue weighted by molar-refractivity contribution is 5.99. The average molecular weight is 528 g/mol. The molecule has 0 atom stereocenters. The molecule has 200 valence electrons. The first-order valence-corrected chi connectivity index (χ1v) is 13.0. The van der Waals surface area contributed by atoms with E-state index in [4.69, 9.17) is 21.0 Å². The van der Waals surface area contributed by atoms with Crippen LogP contribution in [-0.2, 0) is 6.54 Å². The van der Waals surface area contributed by atoms with E-state index in [9.17, 15) is 4.79 Å². The fraction of sp³-hybridized carbons (Fsp3) is 0.346. The third-order valence-electron chi connectivity index (χ3n) is 6.87. The molecule has 0 bridgehead atoms. The second-order valence-corrected chi connectivity index (χ2v) is 9.51. The number of aryl methyl sites for hydroxylation is 1. The quantitative estimate of drug-likeness (QED) is 0.188. The lowest BCUT2D eigenvalue weighted by Crippen LogP contribution is -2.44. The molecule has 0 spiro atoms.